The first kappa shape index (κ1) is 9.24. The SMILES string of the molecule is O=S(=O)(O)CC1=COOCC=C1. The van der Waals surface area contributed by atoms with Crippen LogP contribution in [-0.4, -0.2) is 25.3 Å². The Morgan fingerprint density at radius 1 is 1.58 bits per heavy atom. The lowest BCUT2D eigenvalue weighted by molar-refractivity contribution is -0.238. The fourth-order valence-electron chi connectivity index (χ4n) is 0.706. The van der Waals surface area contributed by atoms with E-state index in [1.165, 1.54) is 6.08 Å². The molecule has 0 atom stereocenters. The Labute approximate surface area is 70.0 Å². The van der Waals surface area contributed by atoms with Gasteiger partial charge in [-0.3, -0.25) is 4.55 Å². The van der Waals surface area contributed by atoms with Gasteiger partial charge in [0.25, 0.3) is 10.1 Å². The summed E-state index contributed by atoms with van der Waals surface area (Å²) in [5.41, 5.74) is 0.343. The van der Waals surface area contributed by atoms with E-state index in [9.17, 15) is 8.42 Å². The van der Waals surface area contributed by atoms with Gasteiger partial charge in [-0.15, -0.1) is 0 Å². The molecular weight excluding hydrogens is 184 g/mol. The molecule has 6 heteroatoms. The molecule has 0 saturated carbocycles. The molecule has 0 aromatic rings. The van der Waals surface area contributed by atoms with Gasteiger partial charge in [0.2, 0.25) is 0 Å². The number of hydrogen-bond acceptors (Lipinski definition) is 4. The van der Waals surface area contributed by atoms with Crippen LogP contribution in [0.15, 0.2) is 24.0 Å². The van der Waals surface area contributed by atoms with E-state index in [1.807, 2.05) is 0 Å². The van der Waals surface area contributed by atoms with Crippen LogP contribution in [0.4, 0.5) is 0 Å². The highest BCUT2D eigenvalue weighted by atomic mass is 32.2. The Balaban J connectivity index is 2.67. The van der Waals surface area contributed by atoms with E-state index in [0.717, 1.165) is 6.26 Å². The van der Waals surface area contributed by atoms with Crippen molar-refractivity contribution in [2.75, 3.05) is 12.4 Å². The standard InChI is InChI=1S/C6H8O5S/c7-12(8,9)5-6-2-1-3-10-11-4-6/h1-2,4H,3,5H2,(H,7,8,9). The van der Waals surface area contributed by atoms with Gasteiger partial charge >= 0.3 is 0 Å². The molecule has 0 saturated heterocycles. The van der Waals surface area contributed by atoms with E-state index in [-0.39, 0.29) is 6.61 Å². The highest BCUT2D eigenvalue weighted by Gasteiger charge is 2.08. The summed E-state index contributed by atoms with van der Waals surface area (Å²) in [6, 6.07) is 0. The first-order chi connectivity index (χ1) is 5.58. The maximum Gasteiger partial charge on any atom is 0.269 e. The predicted molar refractivity (Wildman–Crippen MR) is 40.7 cm³/mol. The van der Waals surface area contributed by atoms with E-state index in [1.54, 1.807) is 6.08 Å². The topological polar surface area (TPSA) is 72.8 Å². The van der Waals surface area contributed by atoms with Crippen molar-refractivity contribution in [3.05, 3.63) is 24.0 Å². The molecule has 1 N–H and O–H groups in total. The zero-order valence-electron chi connectivity index (χ0n) is 6.13. The summed E-state index contributed by atoms with van der Waals surface area (Å²) >= 11 is 0. The van der Waals surface area contributed by atoms with Crippen molar-refractivity contribution >= 4 is 10.1 Å². The second kappa shape index (κ2) is 3.70. The molecule has 0 amide bonds. The van der Waals surface area contributed by atoms with Gasteiger partial charge in [-0.25, -0.2) is 0 Å². The van der Waals surface area contributed by atoms with Gasteiger partial charge < -0.3 is 4.89 Å². The summed E-state index contributed by atoms with van der Waals surface area (Å²) in [5, 5.41) is 0. The molecule has 0 bridgehead atoms. The molecule has 12 heavy (non-hydrogen) atoms. The van der Waals surface area contributed by atoms with E-state index in [0.29, 0.717) is 5.57 Å². The summed E-state index contributed by atoms with van der Waals surface area (Å²) in [4.78, 5) is 8.95. The highest BCUT2D eigenvalue weighted by Crippen LogP contribution is 2.05. The lowest BCUT2D eigenvalue weighted by Crippen LogP contribution is -2.05. The largest absolute Gasteiger partial charge is 0.345 e. The highest BCUT2D eigenvalue weighted by molar-refractivity contribution is 7.86. The number of rotatable bonds is 2. The predicted octanol–water partition coefficient (Wildman–Crippen LogP) is 0.276. The molecule has 68 valence electrons. The van der Waals surface area contributed by atoms with Crippen LogP contribution >= 0.6 is 0 Å². The third-order valence-electron chi connectivity index (χ3n) is 1.11. The Morgan fingerprint density at radius 3 is 3.00 bits per heavy atom. The average molecular weight is 192 g/mol. The molecule has 1 heterocycles. The van der Waals surface area contributed by atoms with Crippen molar-refractivity contribution < 1.29 is 22.7 Å². The maximum absolute atomic E-state index is 10.4. The first-order valence-corrected chi connectivity index (χ1v) is 4.78. The van der Waals surface area contributed by atoms with E-state index >= 15 is 0 Å². The minimum absolute atomic E-state index is 0.255. The van der Waals surface area contributed by atoms with Crippen LogP contribution in [0.1, 0.15) is 0 Å². The third-order valence-corrected chi connectivity index (χ3v) is 1.81. The summed E-state index contributed by atoms with van der Waals surface area (Å²) in [6.07, 6.45) is 4.24. The van der Waals surface area contributed by atoms with Crippen molar-refractivity contribution in [2.24, 2.45) is 0 Å². The molecule has 1 rings (SSSR count). The zero-order valence-corrected chi connectivity index (χ0v) is 6.95. The van der Waals surface area contributed by atoms with Gasteiger partial charge in [-0.05, 0) is 0 Å². The monoisotopic (exact) mass is 192 g/mol. The molecule has 1 aliphatic heterocycles. The Hall–Kier alpha value is -0.850. The molecule has 0 aromatic heterocycles. The van der Waals surface area contributed by atoms with Crippen LogP contribution in [0.3, 0.4) is 0 Å². The smallest absolute Gasteiger partial charge is 0.269 e. The van der Waals surface area contributed by atoms with Gasteiger partial charge in [0, 0.05) is 5.57 Å². The molecule has 1 aliphatic rings. The normalized spacial score (nSPS) is 17.9. The number of allylic oxidation sites excluding steroid dienone is 1. The van der Waals surface area contributed by atoms with E-state index in [4.69, 9.17) is 4.55 Å². The fourth-order valence-corrected chi connectivity index (χ4v) is 1.29. The lowest BCUT2D eigenvalue weighted by atomic mass is 10.3. The van der Waals surface area contributed by atoms with Gasteiger partial charge in [-0.2, -0.15) is 13.3 Å². The molecule has 0 unspecified atom stereocenters. The molecule has 5 nitrogen and oxygen atoms in total. The van der Waals surface area contributed by atoms with Crippen molar-refractivity contribution in [2.45, 2.75) is 0 Å². The minimum Gasteiger partial charge on any atom is -0.345 e. The average Bonchev–Trinajstić information content (AvgIpc) is 2.12. The van der Waals surface area contributed by atoms with Gasteiger partial charge in [-0.1, -0.05) is 12.2 Å². The van der Waals surface area contributed by atoms with Crippen molar-refractivity contribution in [3.8, 4) is 0 Å². The second-order valence-corrected chi connectivity index (χ2v) is 3.65. The van der Waals surface area contributed by atoms with Crippen LogP contribution in [0, 0.1) is 0 Å². The maximum atomic E-state index is 10.4. The minimum atomic E-state index is -4.00. The van der Waals surface area contributed by atoms with Crippen molar-refractivity contribution in [1.29, 1.82) is 0 Å². The molecule has 0 aliphatic carbocycles. The van der Waals surface area contributed by atoms with E-state index in [2.05, 4.69) is 9.78 Å². The summed E-state index contributed by atoms with van der Waals surface area (Å²) in [5.74, 6) is -0.465. The van der Waals surface area contributed by atoms with Gasteiger partial charge in [0.1, 0.15) is 18.6 Å². The Kier molecular flexibility index (Phi) is 2.85. The number of hydrogen-bond donors (Lipinski definition) is 1. The van der Waals surface area contributed by atoms with Crippen LogP contribution in [0.5, 0.6) is 0 Å². The Morgan fingerprint density at radius 2 is 2.33 bits per heavy atom. The second-order valence-electron chi connectivity index (χ2n) is 2.20. The molecule has 0 fully saturated rings. The molecule has 0 spiro atoms. The van der Waals surface area contributed by atoms with Crippen molar-refractivity contribution in [3.63, 3.8) is 0 Å². The Bertz CT molecular complexity index is 300. The summed E-state index contributed by atoms with van der Waals surface area (Å²) in [7, 11) is -4.00. The van der Waals surface area contributed by atoms with Crippen LogP contribution in [0.2, 0.25) is 0 Å². The first-order valence-electron chi connectivity index (χ1n) is 3.17. The van der Waals surface area contributed by atoms with Gasteiger partial charge in [0.05, 0.1) is 0 Å². The quantitative estimate of drug-likeness (QED) is 0.502. The van der Waals surface area contributed by atoms with E-state index < -0.39 is 15.9 Å². The third kappa shape index (κ3) is 3.51. The molecule has 0 radical (unpaired) electrons. The van der Waals surface area contributed by atoms with Gasteiger partial charge in [0.15, 0.2) is 0 Å². The van der Waals surface area contributed by atoms with Crippen molar-refractivity contribution in [1.82, 2.24) is 0 Å². The zero-order chi connectivity index (χ0) is 9.03. The van der Waals surface area contributed by atoms with Crippen LogP contribution in [-0.2, 0) is 19.9 Å². The fraction of sp³-hybridized carbons (Fsp3) is 0.333. The lowest BCUT2D eigenvalue weighted by Gasteiger charge is -1.96. The van der Waals surface area contributed by atoms with Crippen LogP contribution < -0.4 is 0 Å². The summed E-state index contributed by atoms with van der Waals surface area (Å²) in [6.45, 7) is 0.255. The van der Waals surface area contributed by atoms with Crippen LogP contribution in [0.25, 0.3) is 0 Å². The summed E-state index contributed by atoms with van der Waals surface area (Å²) < 4.78 is 29.3. The molecular formula is C6H8O5S. The molecule has 0 aromatic carbocycles.